The van der Waals surface area contributed by atoms with Crippen molar-refractivity contribution in [3.05, 3.63) is 17.3 Å². The zero-order valence-electron chi connectivity index (χ0n) is 16.2. The molecule has 0 saturated carbocycles. The lowest BCUT2D eigenvalue weighted by molar-refractivity contribution is -0.149. The molecule has 1 saturated heterocycles. The molecule has 1 aliphatic rings. The van der Waals surface area contributed by atoms with Crippen molar-refractivity contribution in [1.29, 1.82) is 0 Å². The van der Waals surface area contributed by atoms with Crippen LogP contribution in [0.5, 0.6) is 11.8 Å². The van der Waals surface area contributed by atoms with Gasteiger partial charge in [0.2, 0.25) is 17.7 Å². The summed E-state index contributed by atoms with van der Waals surface area (Å²) < 4.78 is 12.7. The van der Waals surface area contributed by atoms with Crippen LogP contribution >= 0.6 is 0 Å². The molecule has 3 rings (SSSR count). The van der Waals surface area contributed by atoms with E-state index in [0.717, 1.165) is 5.69 Å². The number of esters is 1. The van der Waals surface area contributed by atoms with Crippen LogP contribution in [0.2, 0.25) is 0 Å². The Labute approximate surface area is 162 Å². The maximum absolute atomic E-state index is 11.8. The quantitative estimate of drug-likeness (QED) is 0.580. The molecule has 10 heteroatoms. The smallest absolute Gasteiger partial charge is 0.305 e. The Morgan fingerprint density at radius 3 is 2.64 bits per heavy atom. The third kappa shape index (κ3) is 4.21. The van der Waals surface area contributed by atoms with E-state index < -0.39 is 0 Å². The van der Waals surface area contributed by atoms with Crippen molar-refractivity contribution >= 4 is 24.0 Å². The molecule has 0 radical (unpaired) electrons. The molecule has 2 aromatic rings. The number of piperidine rings is 1. The molecule has 0 unspecified atom stereocenters. The van der Waals surface area contributed by atoms with Gasteiger partial charge in [-0.1, -0.05) is 6.92 Å². The lowest BCUT2D eigenvalue weighted by Gasteiger charge is -2.33. The lowest BCUT2D eigenvalue weighted by Crippen LogP contribution is -2.39. The van der Waals surface area contributed by atoms with Gasteiger partial charge in [0.1, 0.15) is 17.5 Å². The molecule has 0 bridgehead atoms. The molecule has 28 heavy (non-hydrogen) atoms. The first kappa shape index (κ1) is 19.6. The maximum Gasteiger partial charge on any atom is 0.305 e. The number of hydrogen-bond donors (Lipinski definition) is 1. The number of aldehydes is 1. The summed E-state index contributed by atoms with van der Waals surface area (Å²) in [6.45, 7) is 4.75. The summed E-state index contributed by atoms with van der Waals surface area (Å²) in [7, 11) is 1.73. The number of rotatable bonds is 6. The van der Waals surface area contributed by atoms with E-state index in [2.05, 4.69) is 15.1 Å². The summed E-state index contributed by atoms with van der Waals surface area (Å²) in [4.78, 5) is 33.6. The van der Waals surface area contributed by atoms with E-state index in [1.807, 2.05) is 11.8 Å². The number of anilines is 2. The van der Waals surface area contributed by atoms with Gasteiger partial charge in [-0.3, -0.25) is 9.59 Å². The number of aryl methyl sites for hydroxylation is 2. The second-order valence-corrected chi connectivity index (χ2v) is 6.62. The molecule has 1 aliphatic heterocycles. The Hall–Kier alpha value is -3.17. The van der Waals surface area contributed by atoms with Gasteiger partial charge < -0.3 is 20.1 Å². The molecule has 0 spiro atoms. The highest BCUT2D eigenvalue weighted by atomic mass is 16.5. The van der Waals surface area contributed by atoms with Crippen LogP contribution in [0.15, 0.2) is 6.07 Å². The molecule has 150 valence electrons. The van der Waals surface area contributed by atoms with Crippen molar-refractivity contribution in [2.24, 2.45) is 7.05 Å². The number of aromatic nitrogens is 4. The number of carbonyl (C=O) groups is 2. The Kier molecular flexibility index (Phi) is 5.76. The fourth-order valence-corrected chi connectivity index (χ4v) is 3.11. The van der Waals surface area contributed by atoms with E-state index in [9.17, 15) is 9.59 Å². The van der Waals surface area contributed by atoms with Crippen LogP contribution < -0.4 is 15.4 Å². The Bertz CT molecular complexity index is 873. The zero-order chi connectivity index (χ0) is 20.3. The van der Waals surface area contributed by atoms with Gasteiger partial charge in [0.15, 0.2) is 6.29 Å². The monoisotopic (exact) mass is 388 g/mol. The highest BCUT2D eigenvalue weighted by molar-refractivity contribution is 5.86. The predicted molar refractivity (Wildman–Crippen MR) is 101 cm³/mol. The molecule has 3 heterocycles. The van der Waals surface area contributed by atoms with E-state index in [4.69, 9.17) is 15.2 Å². The van der Waals surface area contributed by atoms with Gasteiger partial charge in [-0.2, -0.15) is 15.1 Å². The van der Waals surface area contributed by atoms with E-state index in [1.165, 1.54) is 0 Å². The highest BCUT2D eigenvalue weighted by Crippen LogP contribution is 2.31. The fraction of sp³-hybridized carbons (Fsp3) is 0.500. The summed E-state index contributed by atoms with van der Waals surface area (Å²) in [5.74, 6) is 0.737. The van der Waals surface area contributed by atoms with E-state index in [1.54, 1.807) is 24.7 Å². The van der Waals surface area contributed by atoms with Crippen molar-refractivity contribution < 1.29 is 19.1 Å². The van der Waals surface area contributed by atoms with Crippen molar-refractivity contribution in [2.45, 2.75) is 39.2 Å². The second kappa shape index (κ2) is 8.24. The molecule has 2 aromatic heterocycles. The minimum atomic E-state index is -0.208. The van der Waals surface area contributed by atoms with Crippen LogP contribution in [0.4, 0.5) is 11.8 Å². The maximum atomic E-state index is 11.8. The molecular weight excluding hydrogens is 364 g/mol. The molecule has 10 nitrogen and oxygen atoms in total. The minimum absolute atomic E-state index is 0.00836. The number of nitrogens with two attached hydrogens (primary N) is 1. The largest absolute Gasteiger partial charge is 0.462 e. The average molecular weight is 388 g/mol. The minimum Gasteiger partial charge on any atom is -0.462 e. The fourth-order valence-electron chi connectivity index (χ4n) is 3.11. The number of hydrogen-bond acceptors (Lipinski definition) is 9. The standard InChI is InChI=1S/C18H24N6O4/c1-4-15(26)27-12-5-7-24(8-6-12)16-13(10-25)17(21-18(19)20-16)28-14-9-11(2)22-23(14)3/h9-10,12H,4-8H2,1-3H3,(H2,19,20,21). The van der Waals surface area contributed by atoms with Crippen LogP contribution in [0.3, 0.4) is 0 Å². The first-order chi connectivity index (χ1) is 13.4. The predicted octanol–water partition coefficient (Wildman–Crippen LogP) is 1.63. The van der Waals surface area contributed by atoms with Gasteiger partial charge in [-0.25, -0.2) is 4.68 Å². The normalized spacial score (nSPS) is 14.8. The van der Waals surface area contributed by atoms with Gasteiger partial charge >= 0.3 is 5.97 Å². The summed E-state index contributed by atoms with van der Waals surface area (Å²) in [6.07, 6.45) is 2.18. The average Bonchev–Trinajstić information content (AvgIpc) is 2.98. The van der Waals surface area contributed by atoms with Gasteiger partial charge in [0.05, 0.1) is 5.69 Å². The van der Waals surface area contributed by atoms with Crippen LogP contribution in [0.25, 0.3) is 0 Å². The Balaban J connectivity index is 1.82. The molecular formula is C18H24N6O4. The van der Waals surface area contributed by atoms with Crippen LogP contribution in [-0.4, -0.2) is 51.2 Å². The first-order valence-corrected chi connectivity index (χ1v) is 9.16. The Morgan fingerprint density at radius 2 is 2.07 bits per heavy atom. The summed E-state index contributed by atoms with van der Waals surface area (Å²) in [6, 6.07) is 1.74. The second-order valence-electron chi connectivity index (χ2n) is 6.62. The number of ether oxygens (including phenoxy) is 2. The highest BCUT2D eigenvalue weighted by Gasteiger charge is 2.27. The molecule has 0 atom stereocenters. The third-order valence-electron chi connectivity index (χ3n) is 4.51. The van der Waals surface area contributed by atoms with Crippen LogP contribution in [0.1, 0.15) is 42.2 Å². The number of carbonyl (C=O) groups excluding carboxylic acids is 2. The lowest BCUT2D eigenvalue weighted by atomic mass is 10.1. The number of nitrogen functional groups attached to an aromatic ring is 1. The van der Waals surface area contributed by atoms with Gasteiger partial charge in [-0.05, 0) is 6.92 Å². The van der Waals surface area contributed by atoms with Crippen LogP contribution in [-0.2, 0) is 16.6 Å². The topological polar surface area (TPSA) is 125 Å². The summed E-state index contributed by atoms with van der Waals surface area (Å²) in [5, 5.41) is 4.21. The van der Waals surface area contributed by atoms with Gasteiger partial charge in [0, 0.05) is 45.5 Å². The summed E-state index contributed by atoms with van der Waals surface area (Å²) >= 11 is 0. The van der Waals surface area contributed by atoms with Crippen molar-refractivity contribution in [3.63, 3.8) is 0 Å². The van der Waals surface area contributed by atoms with E-state index in [-0.39, 0.29) is 29.5 Å². The van der Waals surface area contributed by atoms with Crippen molar-refractivity contribution in [2.75, 3.05) is 23.7 Å². The van der Waals surface area contributed by atoms with Crippen LogP contribution in [0, 0.1) is 6.92 Å². The first-order valence-electron chi connectivity index (χ1n) is 9.16. The van der Waals surface area contributed by atoms with Gasteiger partial charge in [0.25, 0.3) is 0 Å². The molecule has 0 amide bonds. The van der Waals surface area contributed by atoms with E-state index in [0.29, 0.717) is 50.3 Å². The Morgan fingerprint density at radius 1 is 1.36 bits per heavy atom. The summed E-state index contributed by atoms with van der Waals surface area (Å²) in [5.41, 5.74) is 6.85. The van der Waals surface area contributed by atoms with E-state index >= 15 is 0 Å². The zero-order valence-corrected chi connectivity index (χ0v) is 16.2. The molecule has 2 N–H and O–H groups in total. The van der Waals surface area contributed by atoms with Crippen molar-refractivity contribution in [3.8, 4) is 11.8 Å². The van der Waals surface area contributed by atoms with Crippen molar-refractivity contribution in [1.82, 2.24) is 19.7 Å². The SMILES string of the molecule is CCC(=O)OC1CCN(c2nc(N)nc(Oc3cc(C)nn3C)c2C=O)CC1. The molecule has 0 aliphatic carbocycles. The molecule has 1 fully saturated rings. The molecule has 0 aromatic carbocycles. The number of nitrogens with zero attached hydrogens (tertiary/aromatic N) is 5. The third-order valence-corrected chi connectivity index (χ3v) is 4.51. The van der Waals surface area contributed by atoms with Gasteiger partial charge in [-0.15, -0.1) is 0 Å².